The molecule has 0 atom stereocenters. The van der Waals surface area contributed by atoms with Crippen LogP contribution in [-0.2, 0) is 9.53 Å². The Morgan fingerprint density at radius 1 is 1.23 bits per heavy atom. The van der Waals surface area contributed by atoms with Gasteiger partial charge in [-0.3, -0.25) is 9.69 Å². The molecule has 162 valence electrons. The molecule has 2 aromatic rings. The Hall–Kier alpha value is -2.16. The van der Waals surface area contributed by atoms with Crippen LogP contribution in [0, 0.1) is 0 Å². The average Bonchev–Trinajstić information content (AvgIpc) is 2.74. The number of hydrogen-bond donors (Lipinski definition) is 0. The summed E-state index contributed by atoms with van der Waals surface area (Å²) in [5.41, 5.74) is 0.699. The van der Waals surface area contributed by atoms with Crippen molar-refractivity contribution in [2.75, 3.05) is 52.5 Å². The number of benzene rings is 1. The van der Waals surface area contributed by atoms with Gasteiger partial charge in [0.2, 0.25) is 11.2 Å². The molecule has 8 nitrogen and oxygen atoms in total. The Kier molecular flexibility index (Phi) is 6.86. The molecule has 1 aromatic heterocycles. The fourth-order valence-corrected chi connectivity index (χ4v) is 3.93. The molecular formula is C21H27ClN4O4. The molecule has 0 N–H and O–H groups in total. The van der Waals surface area contributed by atoms with E-state index in [1.807, 2.05) is 17.0 Å². The van der Waals surface area contributed by atoms with E-state index in [2.05, 4.69) is 14.9 Å². The van der Waals surface area contributed by atoms with E-state index in [9.17, 15) is 4.79 Å². The summed E-state index contributed by atoms with van der Waals surface area (Å²) in [6.45, 7) is 7.63. The Balaban J connectivity index is 1.41. The maximum Gasteiger partial charge on any atom is 0.222 e. The van der Waals surface area contributed by atoms with Crippen molar-refractivity contribution in [3.05, 3.63) is 23.6 Å². The van der Waals surface area contributed by atoms with Crippen molar-refractivity contribution in [1.29, 1.82) is 0 Å². The van der Waals surface area contributed by atoms with Crippen LogP contribution in [0.3, 0.4) is 0 Å². The number of aromatic nitrogens is 2. The lowest BCUT2D eigenvalue weighted by atomic mass is 10.1. The van der Waals surface area contributed by atoms with Gasteiger partial charge in [-0.15, -0.1) is 0 Å². The van der Waals surface area contributed by atoms with Crippen molar-refractivity contribution < 1.29 is 19.0 Å². The number of hydrogen-bond acceptors (Lipinski definition) is 7. The zero-order chi connectivity index (χ0) is 20.9. The van der Waals surface area contributed by atoms with Gasteiger partial charge >= 0.3 is 0 Å². The topological polar surface area (TPSA) is 77.0 Å². The van der Waals surface area contributed by atoms with E-state index < -0.39 is 0 Å². The lowest BCUT2D eigenvalue weighted by Crippen LogP contribution is -2.48. The van der Waals surface area contributed by atoms with Crippen LogP contribution in [0.2, 0.25) is 5.28 Å². The molecule has 0 saturated carbocycles. The predicted octanol–water partition coefficient (Wildman–Crippen LogP) is 2.38. The Labute approximate surface area is 181 Å². The maximum atomic E-state index is 11.5. The minimum atomic E-state index is 0.102. The number of piperazine rings is 1. The Bertz CT molecular complexity index is 883. The van der Waals surface area contributed by atoms with E-state index >= 15 is 0 Å². The van der Waals surface area contributed by atoms with Gasteiger partial charge in [0.25, 0.3) is 0 Å². The third kappa shape index (κ3) is 5.30. The summed E-state index contributed by atoms with van der Waals surface area (Å²) in [5, 5.41) is 1.01. The highest BCUT2D eigenvalue weighted by molar-refractivity contribution is 6.28. The summed E-state index contributed by atoms with van der Waals surface area (Å²) in [4.78, 5) is 24.1. The quantitative estimate of drug-likeness (QED) is 0.646. The van der Waals surface area contributed by atoms with E-state index in [4.69, 9.17) is 25.8 Å². The number of halogens is 1. The Morgan fingerprint density at radius 2 is 2.00 bits per heavy atom. The van der Waals surface area contributed by atoms with Crippen molar-refractivity contribution in [3.63, 3.8) is 0 Å². The summed E-state index contributed by atoms with van der Waals surface area (Å²) in [6.07, 6.45) is 3.50. The Morgan fingerprint density at radius 3 is 2.73 bits per heavy atom. The number of nitrogens with zero attached hydrogens (tertiary/aromatic N) is 4. The predicted molar refractivity (Wildman–Crippen MR) is 113 cm³/mol. The molecule has 3 heterocycles. The first-order valence-electron chi connectivity index (χ1n) is 10.4. The third-order valence-electron chi connectivity index (χ3n) is 5.56. The highest BCUT2D eigenvalue weighted by atomic mass is 35.5. The number of rotatable bonds is 6. The van der Waals surface area contributed by atoms with Gasteiger partial charge in [-0.2, -0.15) is 0 Å². The number of carbonyl (C=O) groups is 1. The zero-order valence-corrected chi connectivity index (χ0v) is 17.9. The summed E-state index contributed by atoms with van der Waals surface area (Å²) < 4.78 is 17.7. The summed E-state index contributed by atoms with van der Waals surface area (Å²) in [6, 6.07) is 3.77. The van der Waals surface area contributed by atoms with Crippen molar-refractivity contribution >= 4 is 28.4 Å². The van der Waals surface area contributed by atoms with Crippen LogP contribution in [-0.4, -0.2) is 84.3 Å². The van der Waals surface area contributed by atoms with Crippen LogP contribution in [0.5, 0.6) is 11.5 Å². The molecule has 30 heavy (non-hydrogen) atoms. The van der Waals surface area contributed by atoms with Crippen LogP contribution in [0.1, 0.15) is 19.8 Å². The maximum absolute atomic E-state index is 11.5. The fourth-order valence-electron chi connectivity index (χ4n) is 3.79. The smallest absolute Gasteiger partial charge is 0.222 e. The second kappa shape index (κ2) is 9.76. The van der Waals surface area contributed by atoms with Crippen molar-refractivity contribution in [2.45, 2.75) is 25.9 Å². The van der Waals surface area contributed by atoms with Crippen molar-refractivity contribution in [1.82, 2.24) is 19.8 Å². The largest absolute Gasteiger partial charge is 0.492 e. The number of carbonyl (C=O) groups excluding carboxylic acids is 1. The summed E-state index contributed by atoms with van der Waals surface area (Å²) in [7, 11) is 0. The van der Waals surface area contributed by atoms with Crippen molar-refractivity contribution in [2.24, 2.45) is 0 Å². The lowest BCUT2D eigenvalue weighted by Gasteiger charge is -2.34. The van der Waals surface area contributed by atoms with Gasteiger partial charge in [0, 0.05) is 70.8 Å². The third-order valence-corrected chi connectivity index (χ3v) is 5.74. The van der Waals surface area contributed by atoms with Crippen LogP contribution >= 0.6 is 11.6 Å². The summed E-state index contributed by atoms with van der Waals surface area (Å²) >= 11 is 6.00. The monoisotopic (exact) mass is 434 g/mol. The molecule has 2 fully saturated rings. The van der Waals surface area contributed by atoms with E-state index in [0.717, 1.165) is 51.0 Å². The van der Waals surface area contributed by atoms with Crippen molar-refractivity contribution in [3.8, 4) is 11.5 Å². The molecule has 2 aliphatic heterocycles. The molecule has 0 aliphatic carbocycles. The molecular weight excluding hydrogens is 408 g/mol. The van der Waals surface area contributed by atoms with Gasteiger partial charge in [-0.05, 0) is 11.6 Å². The SMILES string of the molecule is CC(=O)N1CCN(CCOc2cc(OC3CCOCC3)c3cnc(Cl)nc3c2)CC1. The van der Waals surface area contributed by atoms with Crippen LogP contribution in [0.15, 0.2) is 18.3 Å². The van der Waals surface area contributed by atoms with Gasteiger partial charge < -0.3 is 19.1 Å². The molecule has 2 aliphatic rings. The minimum absolute atomic E-state index is 0.102. The standard InChI is InChI=1S/C21H27ClN4O4/c1-15(27)26-6-4-25(5-7-26)8-11-29-17-12-19-18(14-23-21(22)24-19)20(13-17)30-16-2-9-28-10-3-16/h12-14,16H,2-11H2,1H3. The van der Waals surface area contributed by atoms with Crippen LogP contribution in [0.4, 0.5) is 0 Å². The van der Waals surface area contributed by atoms with E-state index in [0.29, 0.717) is 36.8 Å². The molecule has 1 aromatic carbocycles. The molecule has 4 rings (SSSR count). The second-order valence-electron chi connectivity index (χ2n) is 7.62. The van der Waals surface area contributed by atoms with Gasteiger partial charge in [0.1, 0.15) is 24.2 Å². The lowest BCUT2D eigenvalue weighted by molar-refractivity contribution is -0.130. The van der Waals surface area contributed by atoms with Crippen LogP contribution < -0.4 is 9.47 Å². The van der Waals surface area contributed by atoms with E-state index in [1.54, 1.807) is 13.1 Å². The molecule has 9 heteroatoms. The normalized spacial score (nSPS) is 18.5. The summed E-state index contributed by atoms with van der Waals surface area (Å²) in [5.74, 6) is 1.54. The van der Waals surface area contributed by atoms with Crippen LogP contribution in [0.25, 0.3) is 10.9 Å². The van der Waals surface area contributed by atoms with Gasteiger partial charge in [0.15, 0.2) is 0 Å². The first-order valence-corrected chi connectivity index (χ1v) is 10.8. The fraction of sp³-hybridized carbons (Fsp3) is 0.571. The van der Waals surface area contributed by atoms with Gasteiger partial charge in [-0.25, -0.2) is 9.97 Å². The van der Waals surface area contributed by atoms with E-state index in [1.165, 1.54) is 0 Å². The first-order chi connectivity index (χ1) is 14.6. The molecule has 1 amide bonds. The number of fused-ring (bicyclic) bond motifs is 1. The minimum Gasteiger partial charge on any atom is -0.492 e. The van der Waals surface area contributed by atoms with E-state index in [-0.39, 0.29) is 17.3 Å². The molecule has 0 radical (unpaired) electrons. The molecule has 0 bridgehead atoms. The highest BCUT2D eigenvalue weighted by Crippen LogP contribution is 2.32. The first kappa shape index (κ1) is 21.1. The second-order valence-corrected chi connectivity index (χ2v) is 7.96. The molecule has 0 spiro atoms. The number of amides is 1. The van der Waals surface area contributed by atoms with Gasteiger partial charge in [0.05, 0.1) is 24.1 Å². The molecule has 2 saturated heterocycles. The zero-order valence-electron chi connectivity index (χ0n) is 17.2. The number of ether oxygens (including phenoxy) is 3. The molecule has 0 unspecified atom stereocenters. The van der Waals surface area contributed by atoms with Gasteiger partial charge in [-0.1, -0.05) is 0 Å². The highest BCUT2D eigenvalue weighted by Gasteiger charge is 2.20. The average molecular weight is 435 g/mol.